The van der Waals surface area contributed by atoms with Gasteiger partial charge < -0.3 is 9.47 Å². The number of aryl methyl sites for hydroxylation is 1. The third-order valence-corrected chi connectivity index (χ3v) is 3.47. The normalized spacial score (nSPS) is 10.6. The Morgan fingerprint density at radius 2 is 1.52 bits per heavy atom. The maximum absolute atomic E-state index is 5.37. The number of methoxy groups -OCH3 is 2. The second-order valence-electron chi connectivity index (χ2n) is 4.81. The summed E-state index contributed by atoms with van der Waals surface area (Å²) in [7, 11) is 3.24. The van der Waals surface area contributed by atoms with Crippen LogP contribution in [-0.2, 0) is 0 Å². The maximum atomic E-state index is 5.37. The van der Waals surface area contributed by atoms with Crippen LogP contribution < -0.4 is 9.47 Å². The molecule has 0 fully saturated rings. The topological polar surface area (TPSA) is 44.2 Å². The third kappa shape index (κ3) is 2.40. The van der Waals surface area contributed by atoms with Crippen molar-refractivity contribution in [3.05, 3.63) is 48.3 Å². The predicted octanol–water partition coefficient (Wildman–Crippen LogP) is 3.62. The van der Waals surface area contributed by atoms with Crippen molar-refractivity contribution < 1.29 is 9.47 Å². The summed E-state index contributed by atoms with van der Waals surface area (Å²) >= 11 is 0. The molecule has 3 aromatic rings. The lowest BCUT2D eigenvalue weighted by Gasteiger charge is -2.11. The summed E-state index contributed by atoms with van der Waals surface area (Å²) < 4.78 is 10.7. The van der Waals surface area contributed by atoms with Gasteiger partial charge in [-0.2, -0.15) is 0 Å². The lowest BCUT2D eigenvalue weighted by Crippen LogP contribution is -1.94. The molecule has 0 N–H and O–H groups in total. The van der Waals surface area contributed by atoms with E-state index in [0.717, 1.165) is 22.2 Å². The number of ether oxygens (including phenoxy) is 2. The molecule has 3 rings (SSSR count). The van der Waals surface area contributed by atoms with Gasteiger partial charge in [0.05, 0.1) is 25.4 Å². The zero-order valence-electron chi connectivity index (χ0n) is 12.3. The first-order valence-corrected chi connectivity index (χ1v) is 6.66. The van der Waals surface area contributed by atoms with Crippen LogP contribution >= 0.6 is 0 Å². The van der Waals surface area contributed by atoms with Crippen LogP contribution in [0.2, 0.25) is 0 Å². The van der Waals surface area contributed by atoms with Gasteiger partial charge in [-0.05, 0) is 13.0 Å². The molecule has 1 aromatic heterocycles. The van der Waals surface area contributed by atoms with Gasteiger partial charge in [0.15, 0.2) is 11.5 Å². The average Bonchev–Trinajstić information content (AvgIpc) is 2.53. The number of aromatic nitrogens is 2. The molecular weight excluding hydrogens is 264 g/mol. The van der Waals surface area contributed by atoms with Gasteiger partial charge in [-0.1, -0.05) is 29.8 Å². The van der Waals surface area contributed by atoms with Crippen LogP contribution in [0, 0.1) is 6.92 Å². The Bertz CT molecular complexity index is 783. The highest BCUT2D eigenvalue weighted by Gasteiger charge is 2.11. The Labute approximate surface area is 123 Å². The molecular formula is C17H16N2O2. The second-order valence-corrected chi connectivity index (χ2v) is 4.81. The largest absolute Gasteiger partial charge is 0.493 e. The van der Waals surface area contributed by atoms with Crippen molar-refractivity contribution >= 4 is 10.9 Å². The summed E-state index contributed by atoms with van der Waals surface area (Å²) in [6.07, 6.45) is 1.57. The predicted molar refractivity (Wildman–Crippen MR) is 82.8 cm³/mol. The highest BCUT2D eigenvalue weighted by molar-refractivity contribution is 5.94. The monoisotopic (exact) mass is 280 g/mol. The second kappa shape index (κ2) is 5.40. The SMILES string of the molecule is COc1cc2ncnc(-c3ccc(C)cc3)c2cc1OC. The molecule has 4 nitrogen and oxygen atoms in total. The van der Waals surface area contributed by atoms with E-state index < -0.39 is 0 Å². The fourth-order valence-electron chi connectivity index (χ4n) is 2.32. The quantitative estimate of drug-likeness (QED) is 0.735. The number of hydrogen-bond acceptors (Lipinski definition) is 4. The summed E-state index contributed by atoms with van der Waals surface area (Å²) in [5, 5.41) is 0.944. The first-order valence-electron chi connectivity index (χ1n) is 6.66. The van der Waals surface area contributed by atoms with E-state index in [0.29, 0.717) is 11.5 Å². The number of nitrogens with zero attached hydrogens (tertiary/aromatic N) is 2. The van der Waals surface area contributed by atoms with E-state index >= 15 is 0 Å². The van der Waals surface area contributed by atoms with Gasteiger partial charge in [-0.25, -0.2) is 9.97 Å². The van der Waals surface area contributed by atoms with Crippen LogP contribution in [0.3, 0.4) is 0 Å². The van der Waals surface area contributed by atoms with E-state index in [9.17, 15) is 0 Å². The van der Waals surface area contributed by atoms with E-state index in [1.165, 1.54) is 5.56 Å². The third-order valence-electron chi connectivity index (χ3n) is 3.47. The number of hydrogen-bond donors (Lipinski definition) is 0. The molecule has 0 radical (unpaired) electrons. The molecule has 0 amide bonds. The molecule has 0 unspecified atom stereocenters. The van der Waals surface area contributed by atoms with Crippen molar-refractivity contribution in [3.63, 3.8) is 0 Å². The van der Waals surface area contributed by atoms with Crippen molar-refractivity contribution in [1.29, 1.82) is 0 Å². The summed E-state index contributed by atoms with van der Waals surface area (Å²) in [5.41, 5.74) is 4.00. The van der Waals surface area contributed by atoms with E-state index in [1.807, 2.05) is 12.1 Å². The van der Waals surface area contributed by atoms with Crippen molar-refractivity contribution in [2.45, 2.75) is 6.92 Å². The molecule has 21 heavy (non-hydrogen) atoms. The number of fused-ring (bicyclic) bond motifs is 1. The van der Waals surface area contributed by atoms with Gasteiger partial charge in [-0.3, -0.25) is 0 Å². The number of rotatable bonds is 3. The molecule has 0 aliphatic rings. The standard InChI is InChI=1S/C17H16N2O2/c1-11-4-6-12(7-5-11)17-13-8-15(20-2)16(21-3)9-14(13)18-10-19-17/h4-10H,1-3H3. The molecule has 0 bridgehead atoms. The maximum Gasteiger partial charge on any atom is 0.162 e. The minimum atomic E-state index is 0.665. The number of benzene rings is 2. The van der Waals surface area contributed by atoms with Crippen LogP contribution in [0.25, 0.3) is 22.2 Å². The van der Waals surface area contributed by atoms with Gasteiger partial charge >= 0.3 is 0 Å². The van der Waals surface area contributed by atoms with Crippen LogP contribution in [0.4, 0.5) is 0 Å². The summed E-state index contributed by atoms with van der Waals surface area (Å²) in [4.78, 5) is 8.75. The average molecular weight is 280 g/mol. The molecule has 0 saturated heterocycles. The summed E-state index contributed by atoms with van der Waals surface area (Å²) in [6.45, 7) is 2.07. The zero-order chi connectivity index (χ0) is 14.8. The smallest absolute Gasteiger partial charge is 0.162 e. The molecule has 0 aliphatic carbocycles. The molecule has 0 atom stereocenters. The lowest BCUT2D eigenvalue weighted by atomic mass is 10.0. The van der Waals surface area contributed by atoms with Gasteiger partial charge in [0, 0.05) is 17.0 Å². The first-order chi connectivity index (χ1) is 10.2. The Hall–Kier alpha value is -2.62. The highest BCUT2D eigenvalue weighted by atomic mass is 16.5. The summed E-state index contributed by atoms with van der Waals surface area (Å²) in [6, 6.07) is 12.1. The molecule has 4 heteroatoms. The summed E-state index contributed by atoms with van der Waals surface area (Å²) in [5.74, 6) is 1.34. The van der Waals surface area contributed by atoms with Gasteiger partial charge in [0.25, 0.3) is 0 Å². The van der Waals surface area contributed by atoms with Crippen molar-refractivity contribution in [3.8, 4) is 22.8 Å². The van der Waals surface area contributed by atoms with Crippen LogP contribution in [0.1, 0.15) is 5.56 Å². The van der Waals surface area contributed by atoms with E-state index in [-0.39, 0.29) is 0 Å². The van der Waals surface area contributed by atoms with Crippen molar-refractivity contribution in [2.75, 3.05) is 14.2 Å². The Morgan fingerprint density at radius 3 is 2.19 bits per heavy atom. The molecule has 106 valence electrons. The van der Waals surface area contributed by atoms with Gasteiger partial charge in [-0.15, -0.1) is 0 Å². The van der Waals surface area contributed by atoms with E-state index in [4.69, 9.17) is 9.47 Å². The van der Waals surface area contributed by atoms with Gasteiger partial charge in [0.1, 0.15) is 6.33 Å². The zero-order valence-corrected chi connectivity index (χ0v) is 12.3. The molecule has 1 heterocycles. The Kier molecular flexibility index (Phi) is 3.44. The lowest BCUT2D eigenvalue weighted by molar-refractivity contribution is 0.356. The van der Waals surface area contributed by atoms with Crippen LogP contribution in [-0.4, -0.2) is 24.2 Å². The minimum absolute atomic E-state index is 0.665. The van der Waals surface area contributed by atoms with Crippen molar-refractivity contribution in [1.82, 2.24) is 9.97 Å². The highest BCUT2D eigenvalue weighted by Crippen LogP contribution is 2.35. The van der Waals surface area contributed by atoms with E-state index in [2.05, 4.69) is 41.2 Å². The van der Waals surface area contributed by atoms with Crippen molar-refractivity contribution in [2.24, 2.45) is 0 Å². The van der Waals surface area contributed by atoms with E-state index in [1.54, 1.807) is 20.5 Å². The fourth-order valence-corrected chi connectivity index (χ4v) is 2.32. The molecule has 2 aromatic carbocycles. The molecule has 0 saturated carbocycles. The van der Waals surface area contributed by atoms with Crippen LogP contribution in [0.5, 0.6) is 11.5 Å². The Balaban J connectivity index is 2.26. The molecule has 0 aliphatic heterocycles. The van der Waals surface area contributed by atoms with Crippen LogP contribution in [0.15, 0.2) is 42.7 Å². The first kappa shape index (κ1) is 13.4. The minimum Gasteiger partial charge on any atom is -0.493 e. The fraction of sp³-hybridized carbons (Fsp3) is 0.176. The Morgan fingerprint density at radius 1 is 0.857 bits per heavy atom. The van der Waals surface area contributed by atoms with Gasteiger partial charge in [0.2, 0.25) is 0 Å². The molecule has 0 spiro atoms.